The Kier molecular flexibility index (Phi) is 3.95. The van der Waals surface area contributed by atoms with Crippen molar-refractivity contribution in [3.63, 3.8) is 0 Å². The highest BCUT2D eigenvalue weighted by Crippen LogP contribution is 2.36. The van der Waals surface area contributed by atoms with Gasteiger partial charge in [0.25, 0.3) is 0 Å². The molecule has 0 aliphatic carbocycles. The number of carbonyl (C=O) groups is 1. The molecule has 3 heterocycles. The number of benzene rings is 1. The number of nitrogens with zero attached hydrogens (tertiary/aromatic N) is 3. The van der Waals surface area contributed by atoms with E-state index in [4.69, 9.17) is 4.52 Å². The number of anilines is 1. The van der Waals surface area contributed by atoms with E-state index >= 15 is 0 Å². The fourth-order valence-electron chi connectivity index (χ4n) is 3.59. The van der Waals surface area contributed by atoms with Crippen molar-refractivity contribution in [2.75, 3.05) is 11.9 Å². The first-order valence-corrected chi connectivity index (χ1v) is 9.22. The Morgan fingerprint density at radius 2 is 2.20 bits per heavy atom. The van der Waals surface area contributed by atoms with Crippen LogP contribution in [0.5, 0.6) is 0 Å². The molecule has 25 heavy (non-hydrogen) atoms. The number of thiazole rings is 1. The topological polar surface area (TPSA) is 71.3 Å². The highest BCUT2D eigenvalue weighted by molar-refractivity contribution is 7.18. The molecule has 7 heteroatoms. The summed E-state index contributed by atoms with van der Waals surface area (Å²) in [6.45, 7) is 6.56. The van der Waals surface area contributed by atoms with Gasteiger partial charge in [0, 0.05) is 17.8 Å². The van der Waals surface area contributed by atoms with E-state index in [2.05, 4.69) is 15.5 Å². The third-order valence-corrected chi connectivity index (χ3v) is 5.63. The van der Waals surface area contributed by atoms with Crippen molar-refractivity contribution in [3.05, 3.63) is 40.2 Å². The SMILES string of the molecule is Cc1nc2cc(NC(=O)N3CCC[C@@H]3c3c(C)noc3C)ccc2s1. The highest BCUT2D eigenvalue weighted by atomic mass is 32.1. The summed E-state index contributed by atoms with van der Waals surface area (Å²) >= 11 is 1.66. The van der Waals surface area contributed by atoms with E-state index in [0.717, 1.165) is 57.3 Å². The van der Waals surface area contributed by atoms with E-state index in [-0.39, 0.29) is 12.1 Å². The van der Waals surface area contributed by atoms with Crippen molar-refractivity contribution in [2.24, 2.45) is 0 Å². The molecule has 1 atom stereocenters. The molecule has 2 aromatic heterocycles. The van der Waals surface area contributed by atoms with Gasteiger partial charge in [-0.3, -0.25) is 0 Å². The van der Waals surface area contributed by atoms with Crippen LogP contribution in [-0.2, 0) is 0 Å². The van der Waals surface area contributed by atoms with Crippen molar-refractivity contribution >= 4 is 33.3 Å². The lowest BCUT2D eigenvalue weighted by atomic mass is 10.0. The summed E-state index contributed by atoms with van der Waals surface area (Å²) in [5, 5.41) is 8.08. The number of amides is 2. The van der Waals surface area contributed by atoms with Gasteiger partial charge in [-0.25, -0.2) is 9.78 Å². The predicted octanol–water partition coefficient (Wildman–Crippen LogP) is 4.58. The number of fused-ring (bicyclic) bond motifs is 1. The fraction of sp³-hybridized carbons (Fsp3) is 0.389. The standard InChI is InChI=1S/C18H20N4O2S/c1-10-17(11(2)24-21-10)15-5-4-8-22(15)18(23)20-13-6-7-16-14(9-13)19-12(3)25-16/h6-7,9,15H,4-5,8H2,1-3H3,(H,20,23)/t15-/m1/s1. The Morgan fingerprint density at radius 3 is 2.96 bits per heavy atom. The fourth-order valence-corrected chi connectivity index (χ4v) is 4.40. The van der Waals surface area contributed by atoms with Gasteiger partial charge in [0.2, 0.25) is 0 Å². The molecule has 1 aliphatic heterocycles. The van der Waals surface area contributed by atoms with Gasteiger partial charge in [-0.05, 0) is 51.8 Å². The molecule has 1 saturated heterocycles. The molecule has 1 aromatic carbocycles. The van der Waals surface area contributed by atoms with Crippen LogP contribution in [-0.4, -0.2) is 27.6 Å². The number of rotatable bonds is 2. The highest BCUT2D eigenvalue weighted by Gasteiger charge is 2.33. The van der Waals surface area contributed by atoms with Gasteiger partial charge in [-0.2, -0.15) is 0 Å². The molecule has 2 amide bonds. The van der Waals surface area contributed by atoms with E-state index in [9.17, 15) is 4.79 Å². The Bertz CT molecular complexity index is 926. The summed E-state index contributed by atoms with van der Waals surface area (Å²) in [6.07, 6.45) is 1.91. The summed E-state index contributed by atoms with van der Waals surface area (Å²) in [5.74, 6) is 0.793. The van der Waals surface area contributed by atoms with E-state index in [0.29, 0.717) is 0 Å². The van der Waals surface area contributed by atoms with Crippen LogP contribution in [0, 0.1) is 20.8 Å². The molecule has 3 aromatic rings. The Hall–Kier alpha value is -2.41. The molecule has 1 fully saturated rings. The summed E-state index contributed by atoms with van der Waals surface area (Å²) < 4.78 is 6.42. The minimum atomic E-state index is -0.0891. The molecule has 130 valence electrons. The Morgan fingerprint density at radius 1 is 1.36 bits per heavy atom. The van der Waals surface area contributed by atoms with Crippen molar-refractivity contribution in [3.8, 4) is 0 Å². The molecule has 0 saturated carbocycles. The van der Waals surface area contributed by atoms with E-state index in [1.54, 1.807) is 11.3 Å². The largest absolute Gasteiger partial charge is 0.361 e. The van der Waals surface area contributed by atoms with Gasteiger partial charge in [-0.1, -0.05) is 5.16 Å². The van der Waals surface area contributed by atoms with Gasteiger partial charge in [0.05, 0.1) is 27.0 Å². The summed E-state index contributed by atoms with van der Waals surface area (Å²) in [6, 6.07) is 5.80. The average molecular weight is 356 g/mol. The van der Waals surface area contributed by atoms with Crippen LogP contribution >= 0.6 is 11.3 Å². The first-order chi connectivity index (χ1) is 12.0. The van der Waals surface area contributed by atoms with Crippen molar-refractivity contribution < 1.29 is 9.32 Å². The number of hydrogen-bond acceptors (Lipinski definition) is 5. The number of urea groups is 1. The smallest absolute Gasteiger partial charge is 0.322 e. The second-order valence-electron chi connectivity index (χ2n) is 6.43. The van der Waals surface area contributed by atoms with Crippen LogP contribution in [0.4, 0.5) is 10.5 Å². The van der Waals surface area contributed by atoms with E-state index in [1.807, 2.05) is 43.9 Å². The first kappa shape index (κ1) is 16.1. The predicted molar refractivity (Wildman–Crippen MR) is 98.0 cm³/mol. The third-order valence-electron chi connectivity index (χ3n) is 4.68. The molecule has 0 unspecified atom stereocenters. The van der Waals surface area contributed by atoms with Gasteiger partial charge in [0.1, 0.15) is 5.76 Å². The molecular formula is C18H20N4O2S. The number of aryl methyl sites for hydroxylation is 3. The Labute approximate surface area is 149 Å². The molecular weight excluding hydrogens is 336 g/mol. The van der Waals surface area contributed by atoms with Crippen LogP contribution < -0.4 is 5.32 Å². The van der Waals surface area contributed by atoms with Gasteiger partial charge in [-0.15, -0.1) is 11.3 Å². The normalized spacial score (nSPS) is 17.4. The van der Waals surface area contributed by atoms with Crippen molar-refractivity contribution in [1.82, 2.24) is 15.0 Å². The molecule has 6 nitrogen and oxygen atoms in total. The lowest BCUT2D eigenvalue weighted by Crippen LogP contribution is -2.34. The molecule has 0 bridgehead atoms. The summed E-state index contributed by atoms with van der Waals surface area (Å²) in [4.78, 5) is 19.2. The van der Waals surface area contributed by atoms with Gasteiger partial charge < -0.3 is 14.7 Å². The summed E-state index contributed by atoms with van der Waals surface area (Å²) in [5.41, 5.74) is 3.59. The van der Waals surface area contributed by atoms with Gasteiger partial charge >= 0.3 is 6.03 Å². The second-order valence-corrected chi connectivity index (χ2v) is 7.67. The molecule has 4 rings (SSSR count). The minimum Gasteiger partial charge on any atom is -0.361 e. The number of carbonyl (C=O) groups excluding carboxylic acids is 1. The zero-order valence-electron chi connectivity index (χ0n) is 14.5. The molecule has 0 spiro atoms. The monoisotopic (exact) mass is 356 g/mol. The maximum Gasteiger partial charge on any atom is 0.322 e. The van der Waals surface area contributed by atoms with Crippen molar-refractivity contribution in [2.45, 2.75) is 39.7 Å². The minimum absolute atomic E-state index is 0.0245. The lowest BCUT2D eigenvalue weighted by Gasteiger charge is -2.25. The maximum atomic E-state index is 12.8. The zero-order chi connectivity index (χ0) is 17.6. The van der Waals surface area contributed by atoms with Gasteiger partial charge in [0.15, 0.2) is 0 Å². The Balaban J connectivity index is 1.56. The first-order valence-electron chi connectivity index (χ1n) is 8.40. The van der Waals surface area contributed by atoms with Crippen LogP contribution in [0.1, 0.15) is 40.9 Å². The molecule has 0 radical (unpaired) electrons. The molecule has 1 N–H and O–H groups in total. The van der Waals surface area contributed by atoms with Crippen LogP contribution in [0.25, 0.3) is 10.2 Å². The number of likely N-dealkylation sites (tertiary alicyclic amines) is 1. The third kappa shape index (κ3) is 2.89. The second kappa shape index (κ2) is 6.15. The van der Waals surface area contributed by atoms with Crippen molar-refractivity contribution in [1.29, 1.82) is 0 Å². The van der Waals surface area contributed by atoms with Crippen LogP contribution in [0.15, 0.2) is 22.7 Å². The lowest BCUT2D eigenvalue weighted by molar-refractivity contribution is 0.206. The zero-order valence-corrected chi connectivity index (χ0v) is 15.3. The van der Waals surface area contributed by atoms with E-state index < -0.39 is 0 Å². The average Bonchev–Trinajstić information content (AvgIpc) is 3.25. The quantitative estimate of drug-likeness (QED) is 0.729. The number of hydrogen-bond donors (Lipinski definition) is 1. The summed E-state index contributed by atoms with van der Waals surface area (Å²) in [7, 11) is 0. The maximum absolute atomic E-state index is 12.8. The number of aromatic nitrogens is 2. The number of nitrogens with one attached hydrogen (secondary N) is 1. The molecule has 1 aliphatic rings. The van der Waals surface area contributed by atoms with Crippen LogP contribution in [0.2, 0.25) is 0 Å². The van der Waals surface area contributed by atoms with Crippen LogP contribution in [0.3, 0.4) is 0 Å². The van der Waals surface area contributed by atoms with E-state index in [1.165, 1.54) is 0 Å².